The number of rotatable bonds is 15. The van der Waals surface area contributed by atoms with Gasteiger partial charge in [-0.25, -0.2) is 4.79 Å². The van der Waals surface area contributed by atoms with Crippen LogP contribution in [-0.2, 0) is 20.9 Å². The number of nitrogens with zero attached hydrogens (tertiary/aromatic N) is 1. The minimum atomic E-state index is -0.954. The van der Waals surface area contributed by atoms with Gasteiger partial charge in [0.1, 0.15) is 17.7 Å². The zero-order valence-corrected chi connectivity index (χ0v) is 26.6. The van der Waals surface area contributed by atoms with E-state index in [1.807, 2.05) is 62.4 Å². The van der Waals surface area contributed by atoms with Gasteiger partial charge in [0.05, 0.1) is 0 Å². The number of ether oxygens (including phenoxy) is 1. The molecule has 0 aliphatic carbocycles. The second-order valence-electron chi connectivity index (χ2n) is 11.6. The molecule has 8 heteroatoms. The first-order valence-corrected chi connectivity index (χ1v) is 15.4. The molecule has 0 saturated heterocycles. The summed E-state index contributed by atoms with van der Waals surface area (Å²) in [6.07, 6.45) is 5.53. The van der Waals surface area contributed by atoms with Crippen molar-refractivity contribution >= 4 is 30.5 Å². The number of thiol groups is 1. The van der Waals surface area contributed by atoms with E-state index in [0.717, 1.165) is 54.4 Å². The van der Waals surface area contributed by atoms with E-state index in [9.17, 15) is 14.4 Å². The van der Waals surface area contributed by atoms with Gasteiger partial charge in [0, 0.05) is 18.8 Å². The predicted octanol–water partition coefficient (Wildman–Crippen LogP) is 6.67. The number of nitrogens with one attached hydrogen (secondary N) is 2. The van der Waals surface area contributed by atoms with Gasteiger partial charge in [-0.2, -0.15) is 12.6 Å². The van der Waals surface area contributed by atoms with E-state index in [-0.39, 0.29) is 17.6 Å². The lowest BCUT2D eigenvalue weighted by molar-refractivity contribution is -0.142. The molecule has 0 fully saturated rings. The minimum absolute atomic E-state index is 0.0658. The summed E-state index contributed by atoms with van der Waals surface area (Å²) in [7, 11) is 0. The predicted molar refractivity (Wildman–Crippen MR) is 169 cm³/mol. The van der Waals surface area contributed by atoms with Crippen LogP contribution in [0.1, 0.15) is 94.5 Å². The summed E-state index contributed by atoms with van der Waals surface area (Å²) in [5.74, 6) is -0.569. The average Bonchev–Trinajstić information content (AvgIpc) is 2.92. The maximum absolute atomic E-state index is 14.1. The van der Waals surface area contributed by atoms with Gasteiger partial charge in [-0.15, -0.1) is 0 Å². The van der Waals surface area contributed by atoms with E-state index in [1.54, 1.807) is 25.7 Å². The molecule has 2 atom stereocenters. The number of unbranched alkanes of at least 4 members (excludes halogenated alkanes) is 5. The normalized spacial score (nSPS) is 12.8. The van der Waals surface area contributed by atoms with Crippen molar-refractivity contribution in [3.8, 4) is 0 Å². The van der Waals surface area contributed by atoms with E-state index >= 15 is 0 Å². The first-order chi connectivity index (χ1) is 19.5. The molecule has 0 bridgehead atoms. The lowest BCUT2D eigenvalue weighted by Gasteiger charge is -2.34. The van der Waals surface area contributed by atoms with Crippen LogP contribution < -0.4 is 10.6 Å². The summed E-state index contributed by atoms with van der Waals surface area (Å²) in [5, 5.41) is 5.74. The number of benzene rings is 2. The lowest BCUT2D eigenvalue weighted by atomic mass is 9.98. The Morgan fingerprint density at radius 3 is 2.20 bits per heavy atom. The molecule has 0 heterocycles. The second kappa shape index (κ2) is 17.1. The molecule has 0 spiro atoms. The molecular weight excluding hydrogens is 534 g/mol. The minimum Gasteiger partial charge on any atom is -0.444 e. The van der Waals surface area contributed by atoms with Crippen LogP contribution in [-0.4, -0.2) is 46.7 Å². The van der Waals surface area contributed by atoms with E-state index in [4.69, 9.17) is 4.74 Å². The number of carbonyl (C=O) groups excluding carboxylic acids is 3. The summed E-state index contributed by atoms with van der Waals surface area (Å²) < 4.78 is 5.41. The highest BCUT2D eigenvalue weighted by Crippen LogP contribution is 2.26. The Morgan fingerprint density at radius 2 is 1.59 bits per heavy atom. The molecule has 226 valence electrons. The van der Waals surface area contributed by atoms with Gasteiger partial charge in [-0.3, -0.25) is 9.59 Å². The Labute approximate surface area is 252 Å². The fourth-order valence-corrected chi connectivity index (χ4v) is 4.80. The quantitative estimate of drug-likeness (QED) is 0.161. The molecule has 0 aliphatic heterocycles. The van der Waals surface area contributed by atoms with Gasteiger partial charge >= 0.3 is 6.09 Å². The number of alkyl carbamates (subject to hydrolysis) is 1. The van der Waals surface area contributed by atoms with Crippen molar-refractivity contribution in [3.63, 3.8) is 0 Å². The third-order valence-corrected chi connectivity index (χ3v) is 7.29. The van der Waals surface area contributed by atoms with Crippen molar-refractivity contribution in [2.75, 3.05) is 12.3 Å². The number of hydrogen-bond acceptors (Lipinski definition) is 5. The molecule has 2 unspecified atom stereocenters. The summed E-state index contributed by atoms with van der Waals surface area (Å²) >= 11 is 4.39. The fourth-order valence-electron chi connectivity index (χ4n) is 4.55. The van der Waals surface area contributed by atoms with Crippen LogP contribution >= 0.6 is 12.6 Å². The maximum atomic E-state index is 14.1. The van der Waals surface area contributed by atoms with Crippen LogP contribution in [0.5, 0.6) is 0 Å². The standard InChI is InChI=1S/C33H49N3O4S/c1-7-8-9-10-11-15-20-36(31(38)28(23-41)35-32(39)40-33(4,5)6)29(27-19-18-24(2)25(3)21-27)30(37)34-22-26-16-13-12-14-17-26/h12-14,16-19,21,28-29,41H,7-11,15,20,22-23H2,1-6H3,(H,34,37)(H,35,39). The Morgan fingerprint density at radius 1 is 0.927 bits per heavy atom. The highest BCUT2D eigenvalue weighted by molar-refractivity contribution is 7.80. The Bertz CT molecular complexity index is 1120. The van der Waals surface area contributed by atoms with Gasteiger partial charge < -0.3 is 20.3 Å². The topological polar surface area (TPSA) is 87.7 Å². The second-order valence-corrected chi connectivity index (χ2v) is 12.0. The Hall–Kier alpha value is -3.00. The lowest BCUT2D eigenvalue weighted by Crippen LogP contribution is -2.54. The molecule has 41 heavy (non-hydrogen) atoms. The zero-order valence-electron chi connectivity index (χ0n) is 25.7. The van der Waals surface area contributed by atoms with Crippen molar-refractivity contribution in [2.24, 2.45) is 0 Å². The average molecular weight is 584 g/mol. The highest BCUT2D eigenvalue weighted by atomic mass is 32.1. The fraction of sp³-hybridized carbons (Fsp3) is 0.545. The molecular formula is C33H49N3O4S. The monoisotopic (exact) mass is 583 g/mol. The Balaban J connectivity index is 2.42. The van der Waals surface area contributed by atoms with Gasteiger partial charge in [-0.1, -0.05) is 87.6 Å². The zero-order chi connectivity index (χ0) is 30.4. The van der Waals surface area contributed by atoms with Gasteiger partial charge in [0.2, 0.25) is 11.8 Å². The van der Waals surface area contributed by atoms with Crippen LogP contribution in [0.4, 0.5) is 4.79 Å². The summed E-state index contributed by atoms with van der Waals surface area (Å²) in [5.41, 5.74) is 3.12. The molecule has 2 N–H and O–H groups in total. The molecule has 0 aromatic heterocycles. The number of carbonyl (C=O) groups is 3. The van der Waals surface area contributed by atoms with Gasteiger partial charge in [-0.05, 0) is 63.3 Å². The van der Waals surface area contributed by atoms with Crippen molar-refractivity contribution in [3.05, 3.63) is 70.8 Å². The molecule has 2 aromatic rings. The number of amides is 3. The van der Waals surface area contributed by atoms with Crippen LogP contribution in [0.2, 0.25) is 0 Å². The van der Waals surface area contributed by atoms with Crippen LogP contribution in [0.3, 0.4) is 0 Å². The molecule has 0 aliphatic rings. The van der Waals surface area contributed by atoms with E-state index in [2.05, 4.69) is 30.2 Å². The smallest absolute Gasteiger partial charge is 0.408 e. The molecule has 0 radical (unpaired) electrons. The van der Waals surface area contributed by atoms with Crippen LogP contribution in [0, 0.1) is 13.8 Å². The van der Waals surface area contributed by atoms with Gasteiger partial charge in [0.25, 0.3) is 0 Å². The first-order valence-electron chi connectivity index (χ1n) is 14.8. The van der Waals surface area contributed by atoms with Crippen molar-refractivity contribution in [2.45, 2.75) is 104 Å². The third kappa shape index (κ3) is 11.8. The van der Waals surface area contributed by atoms with Crippen LogP contribution in [0.25, 0.3) is 0 Å². The molecule has 2 rings (SSSR count). The largest absolute Gasteiger partial charge is 0.444 e. The van der Waals surface area contributed by atoms with Crippen molar-refractivity contribution in [1.82, 2.24) is 15.5 Å². The van der Waals surface area contributed by atoms with Gasteiger partial charge in [0.15, 0.2) is 0 Å². The van der Waals surface area contributed by atoms with Crippen molar-refractivity contribution in [1.29, 1.82) is 0 Å². The van der Waals surface area contributed by atoms with E-state index in [1.165, 1.54) is 6.42 Å². The Kier molecular flexibility index (Phi) is 14.2. The third-order valence-electron chi connectivity index (χ3n) is 6.92. The van der Waals surface area contributed by atoms with Crippen LogP contribution in [0.15, 0.2) is 48.5 Å². The maximum Gasteiger partial charge on any atom is 0.408 e. The summed E-state index contributed by atoms with van der Waals surface area (Å²) in [6, 6.07) is 13.7. The molecule has 2 aromatic carbocycles. The summed E-state index contributed by atoms with van der Waals surface area (Å²) in [6.45, 7) is 12.2. The van der Waals surface area contributed by atoms with E-state index < -0.39 is 23.8 Å². The molecule has 3 amide bonds. The molecule has 7 nitrogen and oxygen atoms in total. The molecule has 0 saturated carbocycles. The first kappa shape index (κ1) is 34.2. The number of hydrogen-bond donors (Lipinski definition) is 3. The number of aryl methyl sites for hydroxylation is 2. The SMILES string of the molecule is CCCCCCCCN(C(=O)C(CS)NC(=O)OC(C)(C)C)C(C(=O)NCc1ccccc1)c1ccc(C)c(C)c1. The van der Waals surface area contributed by atoms with E-state index in [0.29, 0.717) is 13.1 Å². The van der Waals surface area contributed by atoms with Crippen molar-refractivity contribution < 1.29 is 19.1 Å². The summed E-state index contributed by atoms with van der Waals surface area (Å²) in [4.78, 5) is 42.3. The highest BCUT2D eigenvalue weighted by Gasteiger charge is 2.35.